The number of piperidine rings is 1. The van der Waals surface area contributed by atoms with E-state index in [2.05, 4.69) is 41.1 Å². The van der Waals surface area contributed by atoms with Crippen LogP contribution in [0.2, 0.25) is 5.02 Å². The van der Waals surface area contributed by atoms with E-state index in [-0.39, 0.29) is 0 Å². The second-order valence-electron chi connectivity index (χ2n) is 8.90. The van der Waals surface area contributed by atoms with Crippen LogP contribution in [0.25, 0.3) is 5.57 Å². The first-order chi connectivity index (χ1) is 16.6. The molecule has 4 nitrogen and oxygen atoms in total. The van der Waals surface area contributed by atoms with Gasteiger partial charge < -0.3 is 14.7 Å². The first-order valence-electron chi connectivity index (χ1n) is 12.1. The molecule has 1 N–H and O–H groups in total. The Morgan fingerprint density at radius 3 is 2.56 bits per heavy atom. The van der Waals surface area contributed by atoms with Crippen molar-refractivity contribution in [3.8, 4) is 5.75 Å². The summed E-state index contributed by atoms with van der Waals surface area (Å²) >= 11 is 6.02. The highest BCUT2D eigenvalue weighted by molar-refractivity contribution is 6.30. The second-order valence-corrected chi connectivity index (χ2v) is 9.34. The minimum absolute atomic E-state index is 0.698. The second kappa shape index (κ2) is 11.7. The fraction of sp³-hybridized carbons (Fsp3) is 0.345. The van der Waals surface area contributed by atoms with Crippen LogP contribution in [0.5, 0.6) is 5.75 Å². The quantitative estimate of drug-likeness (QED) is 0.392. The Balaban J connectivity index is 1.42. The van der Waals surface area contributed by atoms with Gasteiger partial charge in [0.25, 0.3) is 0 Å². The Bertz CT molecular complexity index is 1070. The first-order valence-corrected chi connectivity index (χ1v) is 12.5. The van der Waals surface area contributed by atoms with Crippen LogP contribution in [-0.2, 0) is 5.60 Å². The van der Waals surface area contributed by atoms with Gasteiger partial charge in [0.15, 0.2) is 0 Å². The number of benzene rings is 2. The summed E-state index contributed by atoms with van der Waals surface area (Å²) in [6, 6.07) is 20.0. The maximum Gasteiger partial charge on any atom is 0.119 e. The molecule has 2 aromatic carbocycles. The van der Waals surface area contributed by atoms with Crippen LogP contribution in [-0.4, -0.2) is 41.2 Å². The Morgan fingerprint density at radius 1 is 1.09 bits per heavy atom. The van der Waals surface area contributed by atoms with Crippen LogP contribution >= 0.6 is 11.6 Å². The highest BCUT2D eigenvalue weighted by atomic mass is 35.5. The van der Waals surface area contributed by atoms with Crippen LogP contribution in [0.15, 0.2) is 79.1 Å². The van der Waals surface area contributed by atoms with Crippen LogP contribution in [0, 0.1) is 0 Å². The average Bonchev–Trinajstić information content (AvgIpc) is 2.87. The lowest BCUT2D eigenvalue weighted by atomic mass is 9.84. The van der Waals surface area contributed by atoms with Crippen LogP contribution in [0.3, 0.4) is 0 Å². The fourth-order valence-electron chi connectivity index (χ4n) is 4.48. The highest BCUT2D eigenvalue weighted by Crippen LogP contribution is 2.33. The first kappa shape index (κ1) is 24.5. The van der Waals surface area contributed by atoms with E-state index < -0.39 is 5.60 Å². The molecule has 0 aliphatic carbocycles. The van der Waals surface area contributed by atoms with Crippen molar-refractivity contribution >= 4 is 17.2 Å². The number of hydrogen-bond donors (Lipinski definition) is 1. The molecule has 4 rings (SSSR count). The standard InChI is InChI=1S/C29H33ClN2O2/c1-2-20-34-27-8-3-6-23(21-27)28(24-7-4-16-31-22-24)9-5-17-32-18-14-29(33,15-19-32)25-10-12-26(30)13-11-25/h3-4,6-13,16,21-22,33H,2,5,14-15,17-20H2,1H3/b28-9+. The zero-order valence-corrected chi connectivity index (χ0v) is 20.5. The molecule has 2 heterocycles. The van der Waals surface area contributed by atoms with Crippen molar-refractivity contribution in [1.29, 1.82) is 0 Å². The van der Waals surface area contributed by atoms with Gasteiger partial charge >= 0.3 is 0 Å². The lowest BCUT2D eigenvalue weighted by Crippen LogP contribution is -2.42. The summed E-state index contributed by atoms with van der Waals surface area (Å²) < 4.78 is 5.86. The van der Waals surface area contributed by atoms with Crippen molar-refractivity contribution in [2.45, 2.75) is 38.2 Å². The van der Waals surface area contributed by atoms with E-state index in [1.54, 1.807) is 6.20 Å². The van der Waals surface area contributed by atoms with Crippen molar-refractivity contribution in [1.82, 2.24) is 9.88 Å². The van der Waals surface area contributed by atoms with E-state index >= 15 is 0 Å². The Hall–Kier alpha value is -2.66. The van der Waals surface area contributed by atoms with Gasteiger partial charge in [-0.2, -0.15) is 0 Å². The largest absolute Gasteiger partial charge is 0.494 e. The molecule has 0 saturated carbocycles. The summed E-state index contributed by atoms with van der Waals surface area (Å²) in [5, 5.41) is 11.8. The highest BCUT2D eigenvalue weighted by Gasteiger charge is 2.33. The van der Waals surface area contributed by atoms with Gasteiger partial charge in [0.2, 0.25) is 0 Å². The molecule has 1 aliphatic rings. The molecule has 0 spiro atoms. The van der Waals surface area contributed by atoms with Crippen molar-refractivity contribution in [3.63, 3.8) is 0 Å². The van der Waals surface area contributed by atoms with Gasteiger partial charge in [-0.3, -0.25) is 4.98 Å². The Morgan fingerprint density at radius 2 is 1.85 bits per heavy atom. The van der Waals surface area contributed by atoms with Crippen LogP contribution in [0.1, 0.15) is 49.3 Å². The summed E-state index contributed by atoms with van der Waals surface area (Å²) in [5.74, 6) is 0.895. The SMILES string of the molecule is CCCOc1cccc(/C(=C\CCN2CCC(O)(c3ccc(Cl)cc3)CC2)c2cccnc2)c1. The number of likely N-dealkylation sites (tertiary alicyclic amines) is 1. The minimum Gasteiger partial charge on any atom is -0.494 e. The zero-order chi connectivity index (χ0) is 23.8. The summed E-state index contributed by atoms with van der Waals surface area (Å²) in [6.45, 7) is 5.52. The van der Waals surface area contributed by atoms with Gasteiger partial charge in [0.1, 0.15) is 5.75 Å². The zero-order valence-electron chi connectivity index (χ0n) is 19.8. The van der Waals surface area contributed by atoms with E-state index in [0.29, 0.717) is 11.6 Å². The summed E-state index contributed by atoms with van der Waals surface area (Å²) in [6.07, 6.45) is 9.38. The normalized spacial score (nSPS) is 16.4. The van der Waals surface area contributed by atoms with E-state index in [9.17, 15) is 5.11 Å². The molecular weight excluding hydrogens is 444 g/mol. The van der Waals surface area contributed by atoms with Crippen molar-refractivity contribution in [2.75, 3.05) is 26.2 Å². The molecular formula is C29H33ClN2O2. The van der Waals surface area contributed by atoms with Gasteiger partial charge in [-0.1, -0.05) is 54.9 Å². The van der Waals surface area contributed by atoms with E-state index in [4.69, 9.17) is 16.3 Å². The number of aromatic nitrogens is 1. The average molecular weight is 477 g/mol. The van der Waals surface area contributed by atoms with E-state index in [0.717, 1.165) is 67.8 Å². The lowest BCUT2D eigenvalue weighted by molar-refractivity contribution is -0.0254. The topological polar surface area (TPSA) is 45.6 Å². The minimum atomic E-state index is -0.767. The third-order valence-electron chi connectivity index (χ3n) is 6.45. The number of ether oxygens (including phenoxy) is 1. The van der Waals surface area contributed by atoms with Gasteiger partial charge in [-0.15, -0.1) is 0 Å². The summed E-state index contributed by atoms with van der Waals surface area (Å²) in [7, 11) is 0. The van der Waals surface area contributed by atoms with Crippen molar-refractivity contribution in [3.05, 3.63) is 101 Å². The molecule has 1 aromatic heterocycles. The van der Waals surface area contributed by atoms with Gasteiger partial charge in [0.05, 0.1) is 12.2 Å². The molecule has 0 amide bonds. The van der Waals surface area contributed by atoms with Crippen LogP contribution < -0.4 is 4.74 Å². The molecule has 1 aliphatic heterocycles. The monoisotopic (exact) mass is 476 g/mol. The van der Waals surface area contributed by atoms with Crippen molar-refractivity contribution in [2.24, 2.45) is 0 Å². The lowest BCUT2D eigenvalue weighted by Gasteiger charge is -2.38. The summed E-state index contributed by atoms with van der Waals surface area (Å²) in [5.41, 5.74) is 3.60. The molecule has 178 valence electrons. The number of hydrogen-bond acceptors (Lipinski definition) is 4. The number of halogens is 1. The predicted octanol–water partition coefficient (Wildman–Crippen LogP) is 6.33. The number of rotatable bonds is 9. The smallest absolute Gasteiger partial charge is 0.119 e. The molecule has 0 atom stereocenters. The Labute approximate surface area is 207 Å². The van der Waals surface area contributed by atoms with Gasteiger partial charge in [-0.25, -0.2) is 0 Å². The molecule has 0 bridgehead atoms. The van der Waals surface area contributed by atoms with Crippen LogP contribution in [0.4, 0.5) is 0 Å². The maximum atomic E-state index is 11.1. The van der Waals surface area contributed by atoms with Gasteiger partial charge in [0, 0.05) is 42.6 Å². The number of aliphatic hydroxyl groups is 1. The molecule has 3 aromatic rings. The molecule has 1 fully saturated rings. The third-order valence-corrected chi connectivity index (χ3v) is 6.70. The molecule has 0 radical (unpaired) electrons. The van der Waals surface area contributed by atoms with E-state index in [1.165, 1.54) is 5.57 Å². The number of pyridine rings is 1. The molecule has 5 heteroatoms. The van der Waals surface area contributed by atoms with Crippen molar-refractivity contribution < 1.29 is 9.84 Å². The number of nitrogens with zero attached hydrogens (tertiary/aromatic N) is 2. The van der Waals surface area contributed by atoms with Gasteiger partial charge in [-0.05, 0) is 72.7 Å². The Kier molecular flexibility index (Phi) is 8.39. The molecule has 34 heavy (non-hydrogen) atoms. The maximum absolute atomic E-state index is 11.1. The predicted molar refractivity (Wildman–Crippen MR) is 139 cm³/mol. The third kappa shape index (κ3) is 6.26. The van der Waals surface area contributed by atoms with E-state index in [1.807, 2.05) is 48.7 Å². The molecule has 1 saturated heterocycles. The molecule has 0 unspecified atom stereocenters. The fourth-order valence-corrected chi connectivity index (χ4v) is 4.61. The summed E-state index contributed by atoms with van der Waals surface area (Å²) in [4.78, 5) is 6.77.